The van der Waals surface area contributed by atoms with Crippen molar-refractivity contribution in [3.8, 4) is 0 Å². The Balaban J connectivity index is 1.38. The fourth-order valence-corrected chi connectivity index (χ4v) is 7.80. The quantitative estimate of drug-likeness (QED) is 0.273. The summed E-state index contributed by atoms with van der Waals surface area (Å²) in [5, 5.41) is 6.65. The molecule has 2 aromatic carbocycles. The number of halogens is 1. The minimum absolute atomic E-state index is 0.0515. The van der Waals surface area contributed by atoms with Crippen LogP contribution in [0.15, 0.2) is 57.7 Å². The van der Waals surface area contributed by atoms with E-state index in [4.69, 9.17) is 16.0 Å². The standard InChI is InChI=1S/C36H45ClN4O7S/c1-35(2,3)39-34(45)36(24-8-6-5-7-9-24)16-18-41(19-17-36)33(44)28(20-23-10-12-25(37)13-11-23)38-32(43)31-22-29(42)27-21-26(40-49(4,46)47)14-15-30(27)48-31/h10-15,21-22,24,28,40H,5-9,16-20H2,1-4H3,(H,38,43)(H,39,45)/t28-/m1/s1. The van der Waals surface area contributed by atoms with Crippen molar-refractivity contribution >= 4 is 56.0 Å². The van der Waals surface area contributed by atoms with Crippen LogP contribution in [-0.4, -0.2) is 62.0 Å². The Labute approximate surface area is 292 Å². The maximum absolute atomic E-state index is 14.2. The van der Waals surface area contributed by atoms with Gasteiger partial charge in [-0.25, -0.2) is 8.42 Å². The molecule has 3 N–H and O–H groups in total. The van der Waals surface area contributed by atoms with E-state index in [9.17, 15) is 27.6 Å². The van der Waals surface area contributed by atoms with Crippen LogP contribution in [0.4, 0.5) is 5.69 Å². The highest BCUT2D eigenvalue weighted by Crippen LogP contribution is 2.46. The molecule has 1 aliphatic heterocycles. The summed E-state index contributed by atoms with van der Waals surface area (Å²) in [6.45, 7) is 6.68. The lowest BCUT2D eigenvalue weighted by Gasteiger charge is -2.48. The fourth-order valence-electron chi connectivity index (χ4n) is 7.12. The number of fused-ring (bicyclic) bond motifs is 1. The van der Waals surface area contributed by atoms with Crippen LogP contribution in [0.25, 0.3) is 11.0 Å². The minimum atomic E-state index is -3.57. The van der Waals surface area contributed by atoms with Crippen molar-refractivity contribution < 1.29 is 27.2 Å². The topological polar surface area (TPSA) is 155 Å². The predicted octanol–water partition coefficient (Wildman–Crippen LogP) is 5.26. The highest BCUT2D eigenvalue weighted by molar-refractivity contribution is 7.92. The predicted molar refractivity (Wildman–Crippen MR) is 190 cm³/mol. The van der Waals surface area contributed by atoms with Gasteiger partial charge in [-0.2, -0.15) is 0 Å². The lowest BCUT2D eigenvalue weighted by molar-refractivity contribution is -0.147. The Kier molecular flexibility index (Phi) is 10.8. The van der Waals surface area contributed by atoms with Gasteiger partial charge in [0.15, 0.2) is 11.2 Å². The van der Waals surface area contributed by atoms with E-state index in [0.29, 0.717) is 31.0 Å². The zero-order chi connectivity index (χ0) is 35.6. The number of sulfonamides is 1. The maximum atomic E-state index is 14.2. The maximum Gasteiger partial charge on any atom is 0.287 e. The molecule has 1 aliphatic carbocycles. The van der Waals surface area contributed by atoms with Gasteiger partial charge in [0.05, 0.1) is 17.1 Å². The summed E-state index contributed by atoms with van der Waals surface area (Å²) in [6, 6.07) is 11.2. The molecule has 0 unspecified atom stereocenters. The molecule has 13 heteroatoms. The van der Waals surface area contributed by atoms with E-state index in [-0.39, 0.29) is 52.1 Å². The van der Waals surface area contributed by atoms with Gasteiger partial charge >= 0.3 is 0 Å². The number of benzene rings is 2. The first kappa shape index (κ1) is 36.4. The summed E-state index contributed by atoms with van der Waals surface area (Å²) in [7, 11) is -3.57. The third-order valence-electron chi connectivity index (χ3n) is 9.51. The fraction of sp³-hybridized carbons (Fsp3) is 0.500. The van der Waals surface area contributed by atoms with Crippen LogP contribution in [0.3, 0.4) is 0 Å². The first-order valence-corrected chi connectivity index (χ1v) is 19.0. The van der Waals surface area contributed by atoms with E-state index in [0.717, 1.165) is 43.6 Å². The molecule has 1 atom stereocenters. The van der Waals surface area contributed by atoms with E-state index in [2.05, 4.69) is 15.4 Å². The van der Waals surface area contributed by atoms with Crippen molar-refractivity contribution in [2.24, 2.45) is 11.3 Å². The number of piperidine rings is 1. The molecule has 0 bridgehead atoms. The zero-order valence-electron chi connectivity index (χ0n) is 28.4. The van der Waals surface area contributed by atoms with Crippen molar-refractivity contribution in [2.75, 3.05) is 24.1 Å². The van der Waals surface area contributed by atoms with Crippen LogP contribution < -0.4 is 20.8 Å². The minimum Gasteiger partial charge on any atom is -0.451 e. The molecule has 3 aromatic rings. The summed E-state index contributed by atoms with van der Waals surface area (Å²) in [5.74, 6) is -1.03. The molecule has 264 valence electrons. The van der Waals surface area contributed by atoms with Gasteiger partial charge in [-0.3, -0.25) is 23.9 Å². The highest BCUT2D eigenvalue weighted by Gasteiger charge is 2.49. The van der Waals surface area contributed by atoms with Crippen molar-refractivity contribution in [3.63, 3.8) is 0 Å². The van der Waals surface area contributed by atoms with E-state index in [1.807, 2.05) is 20.8 Å². The Morgan fingerprint density at radius 3 is 2.27 bits per heavy atom. The molecular weight excluding hydrogens is 668 g/mol. The first-order chi connectivity index (χ1) is 23.0. The molecule has 49 heavy (non-hydrogen) atoms. The first-order valence-electron chi connectivity index (χ1n) is 16.8. The third-order valence-corrected chi connectivity index (χ3v) is 10.4. The smallest absolute Gasteiger partial charge is 0.287 e. The van der Waals surface area contributed by atoms with Crippen molar-refractivity contribution in [1.82, 2.24) is 15.5 Å². The van der Waals surface area contributed by atoms with Gasteiger partial charge in [-0.1, -0.05) is 43.0 Å². The normalized spacial score (nSPS) is 17.7. The second kappa shape index (κ2) is 14.5. The Morgan fingerprint density at radius 1 is 1.00 bits per heavy atom. The van der Waals surface area contributed by atoms with Crippen molar-refractivity contribution in [1.29, 1.82) is 0 Å². The number of hydrogen-bond donors (Lipinski definition) is 3. The van der Waals surface area contributed by atoms with Crippen LogP contribution in [0.2, 0.25) is 5.02 Å². The number of nitrogens with zero attached hydrogens (tertiary/aromatic N) is 1. The van der Waals surface area contributed by atoms with Gasteiger partial charge in [0.2, 0.25) is 21.8 Å². The van der Waals surface area contributed by atoms with Crippen molar-refractivity contribution in [2.45, 2.75) is 83.7 Å². The Bertz CT molecular complexity index is 1870. The third kappa shape index (κ3) is 9.02. The largest absolute Gasteiger partial charge is 0.451 e. The number of nitrogens with one attached hydrogen (secondary N) is 3. The second-order valence-electron chi connectivity index (χ2n) is 14.4. The van der Waals surface area contributed by atoms with E-state index >= 15 is 0 Å². The molecular formula is C36H45ClN4O7S. The molecule has 1 saturated heterocycles. The molecule has 11 nitrogen and oxygen atoms in total. The van der Waals surface area contributed by atoms with E-state index < -0.39 is 32.8 Å². The molecule has 0 spiro atoms. The van der Waals surface area contributed by atoms with Gasteiger partial charge in [0.25, 0.3) is 5.91 Å². The average Bonchev–Trinajstić information content (AvgIpc) is 3.04. The molecule has 3 amide bonds. The number of rotatable bonds is 9. The molecule has 1 saturated carbocycles. The lowest BCUT2D eigenvalue weighted by Crippen LogP contribution is -2.59. The summed E-state index contributed by atoms with van der Waals surface area (Å²) in [6.07, 6.45) is 7.56. The average molecular weight is 713 g/mol. The number of amides is 3. The van der Waals surface area contributed by atoms with Crippen LogP contribution in [0, 0.1) is 11.3 Å². The Hall–Kier alpha value is -3.90. The summed E-state index contributed by atoms with van der Waals surface area (Å²) < 4.78 is 31.4. The highest BCUT2D eigenvalue weighted by atomic mass is 35.5. The zero-order valence-corrected chi connectivity index (χ0v) is 30.0. The summed E-state index contributed by atoms with van der Waals surface area (Å²) >= 11 is 6.10. The van der Waals surface area contributed by atoms with Gasteiger partial charge < -0.3 is 20.0 Å². The summed E-state index contributed by atoms with van der Waals surface area (Å²) in [4.78, 5) is 56.4. The van der Waals surface area contributed by atoms with Gasteiger partial charge in [0, 0.05) is 41.8 Å². The SMILES string of the molecule is CC(C)(C)NC(=O)C1(C2CCCCC2)CCN(C(=O)[C@@H](Cc2ccc(Cl)cc2)NC(=O)c2cc(=O)c3cc(NS(C)(=O)=O)ccc3o2)CC1. The van der Waals surface area contributed by atoms with Crippen LogP contribution in [0.1, 0.15) is 81.8 Å². The molecule has 2 fully saturated rings. The van der Waals surface area contributed by atoms with E-state index in [1.54, 1.807) is 29.2 Å². The number of likely N-dealkylation sites (tertiary alicyclic amines) is 1. The Morgan fingerprint density at radius 2 is 1.65 bits per heavy atom. The summed E-state index contributed by atoms with van der Waals surface area (Å²) in [5.41, 5.74) is -0.462. The number of carbonyl (C=O) groups is 3. The number of anilines is 1. The van der Waals surface area contributed by atoms with E-state index in [1.165, 1.54) is 24.6 Å². The van der Waals surface area contributed by atoms with Gasteiger partial charge in [-0.15, -0.1) is 0 Å². The van der Waals surface area contributed by atoms with Crippen LogP contribution in [0.5, 0.6) is 0 Å². The van der Waals surface area contributed by atoms with Gasteiger partial charge in [0.1, 0.15) is 11.6 Å². The number of hydrogen-bond acceptors (Lipinski definition) is 7. The molecule has 2 aliphatic rings. The second-order valence-corrected chi connectivity index (χ2v) is 16.6. The van der Waals surface area contributed by atoms with Crippen LogP contribution >= 0.6 is 11.6 Å². The lowest BCUT2D eigenvalue weighted by atomic mass is 9.63. The molecule has 2 heterocycles. The number of carbonyl (C=O) groups excluding carboxylic acids is 3. The molecule has 1 aromatic heterocycles. The van der Waals surface area contributed by atoms with Crippen LogP contribution in [-0.2, 0) is 26.0 Å². The van der Waals surface area contributed by atoms with Gasteiger partial charge in [-0.05, 0) is 88.3 Å². The monoisotopic (exact) mass is 712 g/mol. The molecule has 5 rings (SSSR count). The molecule has 0 radical (unpaired) electrons. The van der Waals surface area contributed by atoms with Crippen molar-refractivity contribution in [3.05, 3.63) is 75.1 Å².